The molecule has 1 aromatic rings. The molecule has 0 atom stereocenters. The maximum atomic E-state index is 11.8. The highest BCUT2D eigenvalue weighted by molar-refractivity contribution is 8.00. The number of rotatable bonds is 4. The second-order valence-corrected chi connectivity index (χ2v) is 5.76. The summed E-state index contributed by atoms with van der Waals surface area (Å²) in [4.78, 5) is 11.8. The molecule has 0 bridgehead atoms. The lowest BCUT2D eigenvalue weighted by Crippen LogP contribution is -2.41. The van der Waals surface area contributed by atoms with Crippen molar-refractivity contribution in [3.63, 3.8) is 0 Å². The summed E-state index contributed by atoms with van der Waals surface area (Å²) in [6.07, 6.45) is 9.80. The van der Waals surface area contributed by atoms with Gasteiger partial charge in [0, 0.05) is 11.3 Å². The molecule has 1 saturated carbocycles. The fourth-order valence-electron chi connectivity index (χ4n) is 2.29. The number of nitrogens with one attached hydrogen (secondary N) is 2. The van der Waals surface area contributed by atoms with Gasteiger partial charge in [0.15, 0.2) is 5.69 Å². The van der Waals surface area contributed by atoms with Crippen LogP contribution in [0.15, 0.2) is 6.20 Å². The molecule has 1 aliphatic carbocycles. The minimum absolute atomic E-state index is 0.141. The molecular formula is C11H18N4OS. The van der Waals surface area contributed by atoms with Gasteiger partial charge in [0.25, 0.3) is 5.91 Å². The third-order valence-corrected chi connectivity index (χ3v) is 4.84. The number of carbonyl (C=O) groups excluding carboxylic acids is 1. The van der Waals surface area contributed by atoms with Gasteiger partial charge in [-0.05, 0) is 19.1 Å². The van der Waals surface area contributed by atoms with Crippen LogP contribution in [0.2, 0.25) is 0 Å². The molecule has 0 saturated heterocycles. The van der Waals surface area contributed by atoms with E-state index in [4.69, 9.17) is 0 Å². The average Bonchev–Trinajstić information content (AvgIpc) is 2.91. The van der Waals surface area contributed by atoms with Gasteiger partial charge in [-0.1, -0.05) is 19.3 Å². The highest BCUT2D eigenvalue weighted by atomic mass is 32.2. The van der Waals surface area contributed by atoms with Crippen molar-refractivity contribution in [1.29, 1.82) is 0 Å². The van der Waals surface area contributed by atoms with Crippen LogP contribution in [-0.4, -0.2) is 38.9 Å². The maximum Gasteiger partial charge on any atom is 0.273 e. The van der Waals surface area contributed by atoms with Gasteiger partial charge in [-0.15, -0.1) is 0 Å². The summed E-state index contributed by atoms with van der Waals surface area (Å²) in [6, 6.07) is 0. The van der Waals surface area contributed by atoms with Crippen LogP contribution < -0.4 is 5.32 Å². The number of aromatic amines is 1. The Morgan fingerprint density at radius 1 is 1.53 bits per heavy atom. The molecular weight excluding hydrogens is 236 g/mol. The van der Waals surface area contributed by atoms with E-state index in [0.717, 1.165) is 6.54 Å². The van der Waals surface area contributed by atoms with Crippen LogP contribution in [0.5, 0.6) is 0 Å². The fourth-order valence-corrected chi connectivity index (χ4v) is 3.21. The molecule has 0 aromatic carbocycles. The number of hydrogen-bond donors (Lipinski definition) is 2. The van der Waals surface area contributed by atoms with Crippen LogP contribution in [0, 0.1) is 0 Å². The third kappa shape index (κ3) is 3.00. The average molecular weight is 254 g/mol. The monoisotopic (exact) mass is 254 g/mol. The Hall–Kier alpha value is -1.04. The number of hydrogen-bond acceptors (Lipinski definition) is 4. The summed E-state index contributed by atoms with van der Waals surface area (Å²) >= 11 is 1.87. The first-order chi connectivity index (χ1) is 8.26. The smallest absolute Gasteiger partial charge is 0.273 e. The molecule has 0 aliphatic heterocycles. The molecule has 1 amide bonds. The van der Waals surface area contributed by atoms with Crippen LogP contribution >= 0.6 is 11.8 Å². The van der Waals surface area contributed by atoms with Crippen LogP contribution in [0.3, 0.4) is 0 Å². The van der Waals surface area contributed by atoms with E-state index in [1.54, 1.807) is 0 Å². The van der Waals surface area contributed by atoms with Crippen LogP contribution in [-0.2, 0) is 0 Å². The van der Waals surface area contributed by atoms with Gasteiger partial charge in [0.1, 0.15) is 0 Å². The van der Waals surface area contributed by atoms with E-state index in [0.29, 0.717) is 5.69 Å². The fraction of sp³-hybridized carbons (Fsp3) is 0.727. The maximum absolute atomic E-state index is 11.8. The van der Waals surface area contributed by atoms with Crippen molar-refractivity contribution in [1.82, 2.24) is 20.7 Å². The summed E-state index contributed by atoms with van der Waals surface area (Å²) in [6.45, 7) is 0.722. The normalized spacial score (nSPS) is 18.9. The van der Waals surface area contributed by atoms with Gasteiger partial charge in [0.05, 0.1) is 6.20 Å². The van der Waals surface area contributed by atoms with E-state index >= 15 is 0 Å². The van der Waals surface area contributed by atoms with Crippen molar-refractivity contribution in [2.24, 2.45) is 0 Å². The van der Waals surface area contributed by atoms with Crippen LogP contribution in [0.1, 0.15) is 42.6 Å². The molecule has 2 rings (SSSR count). The highest BCUT2D eigenvalue weighted by Crippen LogP contribution is 2.37. The molecule has 1 aromatic heterocycles. The summed E-state index contributed by atoms with van der Waals surface area (Å²) in [5.74, 6) is -0.141. The second kappa shape index (κ2) is 5.53. The molecule has 2 N–H and O–H groups in total. The molecule has 0 unspecified atom stereocenters. The van der Waals surface area contributed by atoms with Crippen LogP contribution in [0.25, 0.3) is 0 Å². The molecule has 5 nitrogen and oxygen atoms in total. The SMILES string of the molecule is CSC1(CNC(=O)c2cn[nH]n2)CCCCC1. The van der Waals surface area contributed by atoms with Gasteiger partial charge in [-0.2, -0.15) is 27.2 Å². The van der Waals surface area contributed by atoms with Gasteiger partial charge in [-0.25, -0.2) is 0 Å². The van der Waals surface area contributed by atoms with E-state index in [9.17, 15) is 4.79 Å². The first-order valence-electron chi connectivity index (χ1n) is 5.95. The highest BCUT2D eigenvalue weighted by Gasteiger charge is 2.31. The minimum Gasteiger partial charge on any atom is -0.349 e. The van der Waals surface area contributed by atoms with Crippen LogP contribution in [0.4, 0.5) is 0 Å². The van der Waals surface area contributed by atoms with E-state index in [2.05, 4.69) is 27.0 Å². The van der Waals surface area contributed by atoms with Crippen molar-refractivity contribution in [2.45, 2.75) is 36.9 Å². The summed E-state index contributed by atoms with van der Waals surface area (Å²) in [7, 11) is 0. The lowest BCUT2D eigenvalue weighted by atomic mass is 9.88. The zero-order valence-corrected chi connectivity index (χ0v) is 10.8. The lowest BCUT2D eigenvalue weighted by molar-refractivity contribution is 0.0942. The van der Waals surface area contributed by atoms with Crippen molar-refractivity contribution in [2.75, 3.05) is 12.8 Å². The lowest BCUT2D eigenvalue weighted by Gasteiger charge is -2.35. The zero-order valence-electron chi connectivity index (χ0n) is 10.0. The van der Waals surface area contributed by atoms with Crippen molar-refractivity contribution >= 4 is 17.7 Å². The summed E-state index contributed by atoms with van der Waals surface area (Å²) in [5.41, 5.74) is 0.358. The molecule has 17 heavy (non-hydrogen) atoms. The number of thioether (sulfide) groups is 1. The standard InChI is InChI=1S/C11H18N4OS/c1-17-11(5-3-2-4-6-11)8-12-10(16)9-7-13-15-14-9/h7H,2-6,8H2,1H3,(H,12,16)(H,13,14,15). The van der Waals surface area contributed by atoms with Crippen molar-refractivity contribution < 1.29 is 4.79 Å². The number of carbonyl (C=O) groups is 1. The largest absolute Gasteiger partial charge is 0.349 e. The van der Waals surface area contributed by atoms with Gasteiger partial charge >= 0.3 is 0 Å². The Morgan fingerprint density at radius 2 is 2.29 bits per heavy atom. The Labute approximate surface area is 105 Å². The molecule has 1 heterocycles. The van der Waals surface area contributed by atoms with Gasteiger partial charge in [0.2, 0.25) is 0 Å². The summed E-state index contributed by atoms with van der Waals surface area (Å²) < 4.78 is 0.220. The number of H-pyrrole nitrogens is 1. The van der Waals surface area contributed by atoms with E-state index in [1.165, 1.54) is 38.3 Å². The predicted molar refractivity (Wildman–Crippen MR) is 68.0 cm³/mol. The second-order valence-electron chi connectivity index (χ2n) is 4.49. The van der Waals surface area contributed by atoms with Crippen molar-refractivity contribution in [3.8, 4) is 0 Å². The molecule has 0 radical (unpaired) electrons. The minimum atomic E-state index is -0.141. The number of aromatic nitrogens is 3. The van der Waals surface area contributed by atoms with E-state index < -0.39 is 0 Å². The Kier molecular flexibility index (Phi) is 4.04. The molecule has 94 valence electrons. The molecule has 6 heteroatoms. The molecule has 1 fully saturated rings. The van der Waals surface area contributed by atoms with Gasteiger partial charge < -0.3 is 5.32 Å². The van der Waals surface area contributed by atoms with Gasteiger partial charge in [-0.3, -0.25) is 4.79 Å². The number of amides is 1. The van der Waals surface area contributed by atoms with E-state index in [1.807, 2.05) is 11.8 Å². The third-order valence-electron chi connectivity index (χ3n) is 3.42. The first kappa shape index (κ1) is 12.4. The van der Waals surface area contributed by atoms with E-state index in [-0.39, 0.29) is 10.7 Å². The predicted octanol–water partition coefficient (Wildman–Crippen LogP) is 1.60. The van der Waals surface area contributed by atoms with Crippen molar-refractivity contribution in [3.05, 3.63) is 11.9 Å². The zero-order chi connectivity index (χ0) is 12.1. The summed E-state index contributed by atoms with van der Waals surface area (Å²) in [5, 5.41) is 12.8. The quantitative estimate of drug-likeness (QED) is 0.856. The Morgan fingerprint density at radius 3 is 2.88 bits per heavy atom. The number of nitrogens with zero attached hydrogens (tertiary/aromatic N) is 2. The topological polar surface area (TPSA) is 70.7 Å². The molecule has 0 spiro atoms. The Bertz CT molecular complexity index is 360. The Balaban J connectivity index is 1.89. The first-order valence-corrected chi connectivity index (χ1v) is 7.17. The molecule has 1 aliphatic rings.